The molecule has 0 aliphatic carbocycles. The highest BCUT2D eigenvalue weighted by Crippen LogP contribution is 2.33. The first-order valence-corrected chi connectivity index (χ1v) is 10.9. The van der Waals surface area contributed by atoms with Gasteiger partial charge in [-0.3, -0.25) is 4.79 Å². The second kappa shape index (κ2) is 7.82. The minimum absolute atomic E-state index is 0.112. The Hall–Kier alpha value is -3.61. The largest absolute Gasteiger partial charge is 0.493 e. The van der Waals surface area contributed by atoms with E-state index in [4.69, 9.17) is 14.1 Å². The van der Waals surface area contributed by atoms with Crippen molar-refractivity contribution in [3.8, 4) is 17.0 Å². The molecule has 0 fully saturated rings. The second-order valence-electron chi connectivity index (χ2n) is 8.50. The van der Waals surface area contributed by atoms with Crippen molar-refractivity contribution in [3.05, 3.63) is 65.2 Å². The van der Waals surface area contributed by atoms with Gasteiger partial charge in [-0.1, -0.05) is 18.2 Å². The molecule has 4 aromatic rings. The summed E-state index contributed by atoms with van der Waals surface area (Å²) in [6.07, 6.45) is 2.45. The van der Waals surface area contributed by atoms with Crippen LogP contribution in [-0.4, -0.2) is 27.3 Å². The number of para-hydroxylation sites is 1. The summed E-state index contributed by atoms with van der Waals surface area (Å²) in [6.45, 7) is 8.48. The van der Waals surface area contributed by atoms with Gasteiger partial charge in [0.25, 0.3) is 5.91 Å². The molecule has 0 saturated carbocycles. The zero-order chi connectivity index (χ0) is 22.4. The number of amides is 1. The van der Waals surface area contributed by atoms with Gasteiger partial charge in [-0.25, -0.2) is 9.67 Å². The Balaban J connectivity index is 1.60. The Kier molecular flexibility index (Phi) is 4.96. The zero-order valence-corrected chi connectivity index (χ0v) is 18.7. The third-order valence-corrected chi connectivity index (χ3v) is 5.88. The van der Waals surface area contributed by atoms with Crippen LogP contribution < -0.4 is 10.1 Å². The van der Waals surface area contributed by atoms with Crippen LogP contribution in [0.5, 0.6) is 5.75 Å². The van der Waals surface area contributed by atoms with Gasteiger partial charge in [0.1, 0.15) is 17.3 Å². The molecule has 0 radical (unpaired) electrons. The summed E-state index contributed by atoms with van der Waals surface area (Å²) in [6, 6.07) is 11.6. The van der Waals surface area contributed by atoms with Crippen LogP contribution in [-0.2, 0) is 0 Å². The molecule has 1 aromatic carbocycles. The van der Waals surface area contributed by atoms with Crippen molar-refractivity contribution in [2.75, 3.05) is 6.61 Å². The van der Waals surface area contributed by atoms with Crippen molar-refractivity contribution in [1.29, 1.82) is 0 Å². The minimum Gasteiger partial charge on any atom is -0.493 e. The monoisotopic (exact) mass is 430 g/mol. The Morgan fingerprint density at radius 1 is 1.22 bits per heavy atom. The van der Waals surface area contributed by atoms with Crippen LogP contribution in [0.4, 0.5) is 0 Å². The number of nitrogens with one attached hydrogen (secondary N) is 1. The zero-order valence-electron chi connectivity index (χ0n) is 18.7. The average Bonchev–Trinajstić information content (AvgIpc) is 3.35. The number of carbonyl (C=O) groups is 1. The SMILES string of the molecule is Cc1cc(-c2cc(C(=O)NC3CCOc4ccccc43)c3cnn(C(C)C)c3n2)c(C)o1. The van der Waals surface area contributed by atoms with E-state index >= 15 is 0 Å². The van der Waals surface area contributed by atoms with Crippen molar-refractivity contribution < 1.29 is 13.9 Å². The molecular weight excluding hydrogens is 404 g/mol. The van der Waals surface area contributed by atoms with Gasteiger partial charge in [0.05, 0.1) is 35.5 Å². The number of ether oxygens (including phenoxy) is 1. The molecule has 7 heteroatoms. The van der Waals surface area contributed by atoms with Gasteiger partial charge < -0.3 is 14.5 Å². The molecule has 1 N–H and O–H groups in total. The first-order chi connectivity index (χ1) is 15.4. The lowest BCUT2D eigenvalue weighted by Gasteiger charge is -2.26. The van der Waals surface area contributed by atoms with E-state index in [9.17, 15) is 4.79 Å². The van der Waals surface area contributed by atoms with Crippen LogP contribution in [0.1, 0.15) is 59.8 Å². The molecule has 3 aromatic heterocycles. The summed E-state index contributed by atoms with van der Waals surface area (Å²) < 4.78 is 13.3. The number of pyridine rings is 1. The average molecular weight is 431 g/mol. The van der Waals surface area contributed by atoms with Crippen molar-refractivity contribution in [2.24, 2.45) is 0 Å². The first kappa shape index (κ1) is 20.3. The molecule has 164 valence electrons. The summed E-state index contributed by atoms with van der Waals surface area (Å²) in [5.74, 6) is 2.25. The van der Waals surface area contributed by atoms with E-state index in [0.29, 0.717) is 23.5 Å². The number of hydrogen-bond acceptors (Lipinski definition) is 5. The second-order valence-corrected chi connectivity index (χ2v) is 8.50. The molecule has 0 bridgehead atoms. The molecule has 5 rings (SSSR count). The lowest BCUT2D eigenvalue weighted by Crippen LogP contribution is -2.32. The third-order valence-electron chi connectivity index (χ3n) is 5.88. The summed E-state index contributed by atoms with van der Waals surface area (Å²) in [4.78, 5) is 18.4. The van der Waals surface area contributed by atoms with Crippen LogP contribution in [0.25, 0.3) is 22.3 Å². The number of nitrogens with zero attached hydrogens (tertiary/aromatic N) is 3. The molecule has 7 nitrogen and oxygen atoms in total. The number of hydrogen-bond donors (Lipinski definition) is 1. The fourth-order valence-electron chi connectivity index (χ4n) is 4.33. The molecule has 4 heterocycles. The van der Waals surface area contributed by atoms with E-state index in [1.165, 1.54) is 0 Å². The normalized spacial score (nSPS) is 15.6. The van der Waals surface area contributed by atoms with Crippen molar-refractivity contribution in [2.45, 2.75) is 46.2 Å². The molecule has 32 heavy (non-hydrogen) atoms. The van der Waals surface area contributed by atoms with Crippen LogP contribution >= 0.6 is 0 Å². The fraction of sp³-hybridized carbons (Fsp3) is 0.320. The Labute approximate surface area is 186 Å². The maximum Gasteiger partial charge on any atom is 0.252 e. The molecule has 1 aliphatic heterocycles. The maximum atomic E-state index is 13.5. The Morgan fingerprint density at radius 3 is 2.78 bits per heavy atom. The number of aryl methyl sites for hydroxylation is 2. The number of benzene rings is 1. The van der Waals surface area contributed by atoms with Crippen LogP contribution in [0, 0.1) is 13.8 Å². The number of aromatic nitrogens is 3. The molecule has 0 spiro atoms. The van der Waals surface area contributed by atoms with E-state index in [0.717, 1.165) is 40.2 Å². The predicted octanol–water partition coefficient (Wildman–Crippen LogP) is 5.14. The van der Waals surface area contributed by atoms with Gasteiger partial charge in [-0.05, 0) is 45.9 Å². The van der Waals surface area contributed by atoms with E-state index in [2.05, 4.69) is 10.4 Å². The van der Waals surface area contributed by atoms with Gasteiger partial charge in [-0.15, -0.1) is 0 Å². The molecule has 0 saturated heterocycles. The summed E-state index contributed by atoms with van der Waals surface area (Å²) in [5.41, 5.74) is 3.82. The van der Waals surface area contributed by atoms with Gasteiger partial charge in [0.2, 0.25) is 0 Å². The molecule has 1 amide bonds. The Bertz CT molecular complexity index is 1320. The van der Waals surface area contributed by atoms with E-state index < -0.39 is 0 Å². The van der Waals surface area contributed by atoms with E-state index in [1.807, 2.05) is 68.8 Å². The quantitative estimate of drug-likeness (QED) is 0.485. The smallest absolute Gasteiger partial charge is 0.252 e. The van der Waals surface area contributed by atoms with Crippen LogP contribution in [0.3, 0.4) is 0 Å². The van der Waals surface area contributed by atoms with Gasteiger partial charge in [-0.2, -0.15) is 5.10 Å². The number of rotatable bonds is 4. The lowest BCUT2D eigenvalue weighted by molar-refractivity contribution is 0.0926. The number of fused-ring (bicyclic) bond motifs is 2. The molecular formula is C25H26N4O3. The van der Waals surface area contributed by atoms with Crippen molar-refractivity contribution in [1.82, 2.24) is 20.1 Å². The van der Waals surface area contributed by atoms with Gasteiger partial charge >= 0.3 is 0 Å². The fourth-order valence-corrected chi connectivity index (χ4v) is 4.33. The summed E-state index contributed by atoms with van der Waals surface area (Å²) in [5, 5.41) is 8.46. The van der Waals surface area contributed by atoms with Crippen LogP contribution in [0.15, 0.2) is 47.0 Å². The first-order valence-electron chi connectivity index (χ1n) is 10.9. The van der Waals surface area contributed by atoms with Gasteiger partial charge in [0, 0.05) is 23.6 Å². The van der Waals surface area contributed by atoms with Gasteiger partial charge in [0.15, 0.2) is 5.65 Å². The number of carbonyl (C=O) groups excluding carboxylic acids is 1. The van der Waals surface area contributed by atoms with Crippen LogP contribution in [0.2, 0.25) is 0 Å². The highest BCUT2D eigenvalue weighted by atomic mass is 16.5. The van der Waals surface area contributed by atoms with E-state index in [-0.39, 0.29) is 18.0 Å². The predicted molar refractivity (Wildman–Crippen MR) is 122 cm³/mol. The summed E-state index contributed by atoms with van der Waals surface area (Å²) >= 11 is 0. The number of furan rings is 1. The molecule has 1 atom stereocenters. The Morgan fingerprint density at radius 2 is 2.03 bits per heavy atom. The molecule has 1 aliphatic rings. The minimum atomic E-state index is -0.151. The highest BCUT2D eigenvalue weighted by molar-refractivity contribution is 6.06. The van der Waals surface area contributed by atoms with Crippen molar-refractivity contribution >= 4 is 16.9 Å². The van der Waals surface area contributed by atoms with Crippen molar-refractivity contribution in [3.63, 3.8) is 0 Å². The topological polar surface area (TPSA) is 82.2 Å². The lowest BCUT2D eigenvalue weighted by atomic mass is 9.99. The standard InChI is InChI=1S/C25H26N4O3/c1-14(2)29-24-20(13-26-29)19(12-22(27-24)18-11-15(3)32-16(18)4)25(30)28-21-9-10-31-23-8-6-5-7-17(21)23/h5-8,11-14,21H,9-10H2,1-4H3,(H,28,30). The maximum absolute atomic E-state index is 13.5. The van der Waals surface area contributed by atoms with E-state index in [1.54, 1.807) is 6.20 Å². The third kappa shape index (κ3) is 3.43. The summed E-state index contributed by atoms with van der Waals surface area (Å²) in [7, 11) is 0. The molecule has 1 unspecified atom stereocenters. The highest BCUT2D eigenvalue weighted by Gasteiger charge is 2.26.